The molecule has 1 fully saturated rings. The molecule has 1 amide bonds. The van der Waals surface area contributed by atoms with Crippen LogP contribution in [0.15, 0.2) is 33.6 Å². The van der Waals surface area contributed by atoms with Crippen LogP contribution in [0.1, 0.15) is 44.9 Å². The Morgan fingerprint density at radius 2 is 1.92 bits per heavy atom. The van der Waals surface area contributed by atoms with Gasteiger partial charge < -0.3 is 4.90 Å². The van der Waals surface area contributed by atoms with Gasteiger partial charge in [0.25, 0.3) is 0 Å². The molecule has 0 atom stereocenters. The van der Waals surface area contributed by atoms with Crippen molar-refractivity contribution in [2.45, 2.75) is 55.9 Å². The molecule has 0 unspecified atom stereocenters. The molecular weight excluding hydrogens is 392 g/mol. The fourth-order valence-corrected chi connectivity index (χ4v) is 4.66. The summed E-state index contributed by atoms with van der Waals surface area (Å²) in [7, 11) is -1.75. The van der Waals surface area contributed by atoms with Crippen LogP contribution >= 0.6 is 15.9 Å². The Kier molecular flexibility index (Phi) is 7.25. The van der Waals surface area contributed by atoms with Crippen molar-refractivity contribution >= 4 is 31.9 Å². The molecule has 1 aliphatic carbocycles. The summed E-state index contributed by atoms with van der Waals surface area (Å²) >= 11 is 3.26. The van der Waals surface area contributed by atoms with Gasteiger partial charge in [0.05, 0.1) is 4.90 Å². The minimum atomic E-state index is -3.59. The van der Waals surface area contributed by atoms with Crippen LogP contribution in [-0.2, 0) is 14.8 Å². The van der Waals surface area contributed by atoms with Gasteiger partial charge in [-0.25, -0.2) is 13.1 Å². The Morgan fingerprint density at radius 1 is 1.25 bits per heavy atom. The second kappa shape index (κ2) is 8.97. The van der Waals surface area contributed by atoms with Gasteiger partial charge in [0.2, 0.25) is 15.9 Å². The molecule has 0 radical (unpaired) electrons. The maximum Gasteiger partial charge on any atom is 0.240 e. The van der Waals surface area contributed by atoms with Crippen LogP contribution < -0.4 is 4.72 Å². The van der Waals surface area contributed by atoms with E-state index >= 15 is 0 Å². The molecule has 0 aliphatic heterocycles. The molecule has 0 saturated heterocycles. The third-order valence-electron chi connectivity index (χ3n) is 4.50. The zero-order valence-electron chi connectivity index (χ0n) is 14.0. The Labute approximate surface area is 153 Å². The lowest BCUT2D eigenvalue weighted by molar-refractivity contribution is -0.132. The van der Waals surface area contributed by atoms with Gasteiger partial charge in [0.15, 0.2) is 0 Å². The van der Waals surface area contributed by atoms with Crippen LogP contribution in [0.5, 0.6) is 0 Å². The number of hydrogen-bond donors (Lipinski definition) is 1. The van der Waals surface area contributed by atoms with E-state index in [1.165, 1.54) is 18.9 Å². The molecule has 1 aromatic carbocycles. The first-order valence-corrected chi connectivity index (χ1v) is 10.7. The number of hydrogen-bond acceptors (Lipinski definition) is 3. The zero-order chi connectivity index (χ0) is 17.6. The number of nitrogens with one attached hydrogen (secondary N) is 1. The summed E-state index contributed by atoms with van der Waals surface area (Å²) in [4.78, 5) is 14.3. The van der Waals surface area contributed by atoms with Gasteiger partial charge in [-0.15, -0.1) is 0 Å². The lowest BCUT2D eigenvalue weighted by atomic mass is 10.1. The Balaban J connectivity index is 1.85. The highest BCUT2D eigenvalue weighted by molar-refractivity contribution is 9.10. The van der Waals surface area contributed by atoms with Crippen LogP contribution in [-0.4, -0.2) is 38.9 Å². The number of rotatable bonds is 6. The van der Waals surface area contributed by atoms with Gasteiger partial charge in [-0.1, -0.05) is 47.7 Å². The fraction of sp³-hybridized carbons (Fsp3) is 0.588. The van der Waals surface area contributed by atoms with Crippen molar-refractivity contribution in [3.8, 4) is 0 Å². The van der Waals surface area contributed by atoms with E-state index in [0.29, 0.717) is 10.5 Å². The van der Waals surface area contributed by atoms with Crippen molar-refractivity contribution < 1.29 is 13.2 Å². The van der Waals surface area contributed by atoms with E-state index in [1.54, 1.807) is 23.1 Å². The smallest absolute Gasteiger partial charge is 0.240 e. The predicted octanol–water partition coefficient (Wildman–Crippen LogP) is 3.30. The highest BCUT2D eigenvalue weighted by Crippen LogP contribution is 2.21. The highest BCUT2D eigenvalue weighted by Gasteiger charge is 2.21. The van der Waals surface area contributed by atoms with E-state index in [0.717, 1.165) is 25.7 Å². The number of halogens is 1. The van der Waals surface area contributed by atoms with E-state index in [2.05, 4.69) is 20.7 Å². The average Bonchev–Trinajstić information content (AvgIpc) is 2.83. The monoisotopic (exact) mass is 416 g/mol. The Morgan fingerprint density at radius 3 is 2.54 bits per heavy atom. The normalized spacial score (nSPS) is 16.6. The molecule has 134 valence electrons. The van der Waals surface area contributed by atoms with Crippen molar-refractivity contribution in [3.63, 3.8) is 0 Å². The molecular formula is C17H25BrN2O3S. The number of amides is 1. The minimum Gasteiger partial charge on any atom is -0.343 e. The Bertz CT molecular complexity index is 656. The molecule has 0 spiro atoms. The van der Waals surface area contributed by atoms with Crippen molar-refractivity contribution in [3.05, 3.63) is 28.7 Å². The third kappa shape index (κ3) is 5.57. The van der Waals surface area contributed by atoms with Crippen molar-refractivity contribution in [1.29, 1.82) is 0 Å². The SMILES string of the molecule is CN(C(=O)CCNS(=O)(=O)c1cccc(Br)c1)C1CCCCCC1. The summed E-state index contributed by atoms with van der Waals surface area (Å²) in [5, 5.41) is 0. The first kappa shape index (κ1) is 19.4. The minimum absolute atomic E-state index is 0.00107. The molecule has 0 bridgehead atoms. The lowest BCUT2D eigenvalue weighted by Crippen LogP contribution is -2.38. The maximum absolute atomic E-state index is 12.3. The largest absolute Gasteiger partial charge is 0.343 e. The van der Waals surface area contributed by atoms with Gasteiger partial charge in [-0.05, 0) is 31.0 Å². The van der Waals surface area contributed by atoms with E-state index in [4.69, 9.17) is 0 Å². The molecule has 0 heterocycles. The summed E-state index contributed by atoms with van der Waals surface area (Å²) < 4.78 is 27.7. The number of carbonyl (C=O) groups is 1. The van der Waals surface area contributed by atoms with Crippen LogP contribution in [0.25, 0.3) is 0 Å². The third-order valence-corrected chi connectivity index (χ3v) is 6.46. The van der Waals surface area contributed by atoms with Crippen molar-refractivity contribution in [1.82, 2.24) is 9.62 Å². The number of sulfonamides is 1. The molecule has 5 nitrogen and oxygen atoms in total. The second-order valence-electron chi connectivity index (χ2n) is 6.26. The van der Waals surface area contributed by atoms with Crippen LogP contribution in [0.4, 0.5) is 0 Å². The Hall–Kier alpha value is -0.920. The summed E-state index contributed by atoms with van der Waals surface area (Å²) in [6.07, 6.45) is 7.09. The van der Waals surface area contributed by atoms with Crippen molar-refractivity contribution in [2.75, 3.05) is 13.6 Å². The average molecular weight is 417 g/mol. The maximum atomic E-state index is 12.3. The summed E-state index contributed by atoms with van der Waals surface area (Å²) in [6, 6.07) is 6.81. The first-order chi connectivity index (χ1) is 11.4. The molecule has 2 rings (SSSR count). The fourth-order valence-electron chi connectivity index (χ4n) is 3.03. The van der Waals surface area contributed by atoms with Gasteiger partial charge >= 0.3 is 0 Å². The van der Waals surface area contributed by atoms with Crippen LogP contribution in [0.3, 0.4) is 0 Å². The molecule has 1 aromatic rings. The topological polar surface area (TPSA) is 66.5 Å². The quantitative estimate of drug-likeness (QED) is 0.723. The van der Waals surface area contributed by atoms with Gasteiger partial charge in [0.1, 0.15) is 0 Å². The van der Waals surface area contributed by atoms with Gasteiger partial charge in [-0.3, -0.25) is 4.79 Å². The van der Waals surface area contributed by atoms with Crippen molar-refractivity contribution in [2.24, 2.45) is 0 Å². The van der Waals surface area contributed by atoms with Crippen LogP contribution in [0, 0.1) is 0 Å². The van der Waals surface area contributed by atoms with E-state index in [-0.39, 0.29) is 23.8 Å². The standard InChI is InChI=1S/C17H25BrN2O3S/c1-20(15-8-4-2-3-5-9-15)17(21)11-12-19-24(22,23)16-10-6-7-14(18)13-16/h6-7,10,13,15,19H,2-5,8-9,11-12H2,1H3. The molecule has 24 heavy (non-hydrogen) atoms. The van der Waals surface area contributed by atoms with Gasteiger partial charge in [0, 0.05) is 30.5 Å². The first-order valence-electron chi connectivity index (χ1n) is 8.41. The van der Waals surface area contributed by atoms with E-state index in [1.807, 2.05) is 7.05 Å². The zero-order valence-corrected chi connectivity index (χ0v) is 16.4. The number of carbonyl (C=O) groups excluding carboxylic acids is 1. The summed E-state index contributed by atoms with van der Waals surface area (Å²) in [5.74, 6) is -0.00107. The summed E-state index contributed by atoms with van der Waals surface area (Å²) in [6.45, 7) is 0.116. The molecule has 1 saturated carbocycles. The second-order valence-corrected chi connectivity index (χ2v) is 8.94. The lowest BCUT2D eigenvalue weighted by Gasteiger charge is -2.27. The van der Waals surface area contributed by atoms with Gasteiger partial charge in [-0.2, -0.15) is 0 Å². The number of nitrogens with zero attached hydrogens (tertiary/aromatic N) is 1. The predicted molar refractivity (Wildman–Crippen MR) is 98.2 cm³/mol. The molecule has 7 heteroatoms. The van der Waals surface area contributed by atoms with E-state index in [9.17, 15) is 13.2 Å². The number of benzene rings is 1. The van der Waals surface area contributed by atoms with E-state index < -0.39 is 10.0 Å². The highest BCUT2D eigenvalue weighted by atomic mass is 79.9. The molecule has 0 aromatic heterocycles. The van der Waals surface area contributed by atoms with Crippen LogP contribution in [0.2, 0.25) is 0 Å². The molecule has 1 N–H and O–H groups in total. The molecule has 1 aliphatic rings. The summed E-state index contributed by atoms with van der Waals surface area (Å²) in [5.41, 5.74) is 0.